The third-order valence-corrected chi connectivity index (χ3v) is 3.28. The van der Waals surface area contributed by atoms with Crippen LogP contribution in [0.5, 0.6) is 11.6 Å². The first-order chi connectivity index (χ1) is 12.1. The lowest BCUT2D eigenvalue weighted by Crippen LogP contribution is -2.04. The smallest absolute Gasteiger partial charge is 0.311 e. The molecule has 0 aliphatic carbocycles. The summed E-state index contributed by atoms with van der Waals surface area (Å²) in [4.78, 5) is 18.6. The molecule has 0 radical (unpaired) electrons. The number of ether oxygens (including phenoxy) is 1. The largest absolute Gasteiger partial charge is 0.439 e. The highest BCUT2D eigenvalue weighted by Gasteiger charge is 2.13. The van der Waals surface area contributed by atoms with Crippen molar-refractivity contribution in [3.8, 4) is 11.6 Å². The minimum absolute atomic E-state index is 0.0910. The number of benzene rings is 1. The van der Waals surface area contributed by atoms with Gasteiger partial charge in [-0.15, -0.1) is 0 Å². The zero-order valence-corrected chi connectivity index (χ0v) is 12.9. The molecule has 0 saturated carbocycles. The molecule has 0 spiro atoms. The Balaban J connectivity index is 1.63. The molecular weight excluding hydrogens is 327 g/mol. The Bertz CT molecular complexity index is 870. The van der Waals surface area contributed by atoms with E-state index in [0.717, 1.165) is 5.56 Å². The Morgan fingerprint density at radius 1 is 1.12 bits per heavy atom. The van der Waals surface area contributed by atoms with Crippen molar-refractivity contribution in [2.75, 3.05) is 5.32 Å². The quantitative estimate of drug-likeness (QED) is 0.540. The molecule has 0 aliphatic heterocycles. The molecule has 0 atom stereocenters. The summed E-state index contributed by atoms with van der Waals surface area (Å²) in [6.45, 7) is 0.321. The van der Waals surface area contributed by atoms with Gasteiger partial charge in [0, 0.05) is 31.1 Å². The molecule has 0 unspecified atom stereocenters. The van der Waals surface area contributed by atoms with E-state index in [1.54, 1.807) is 18.3 Å². The lowest BCUT2D eigenvalue weighted by Gasteiger charge is -2.07. The van der Waals surface area contributed by atoms with Crippen LogP contribution in [0.3, 0.4) is 0 Å². The number of rotatable bonds is 6. The topological polar surface area (TPSA) is 90.2 Å². The van der Waals surface area contributed by atoms with Crippen LogP contribution in [-0.2, 0) is 6.54 Å². The van der Waals surface area contributed by atoms with E-state index in [2.05, 4.69) is 15.3 Å². The van der Waals surface area contributed by atoms with Crippen molar-refractivity contribution >= 4 is 11.5 Å². The maximum atomic E-state index is 12.9. The number of halogens is 1. The zero-order valence-electron chi connectivity index (χ0n) is 12.9. The fourth-order valence-electron chi connectivity index (χ4n) is 2.07. The summed E-state index contributed by atoms with van der Waals surface area (Å²) in [6, 6.07) is 11.9. The number of hydrogen-bond acceptors (Lipinski definition) is 6. The van der Waals surface area contributed by atoms with E-state index in [0.29, 0.717) is 18.2 Å². The first kappa shape index (κ1) is 16.3. The molecule has 0 amide bonds. The number of nitrogens with zero attached hydrogens (tertiary/aromatic N) is 3. The molecule has 0 bridgehead atoms. The van der Waals surface area contributed by atoms with E-state index >= 15 is 0 Å². The van der Waals surface area contributed by atoms with Crippen molar-refractivity contribution in [3.05, 3.63) is 82.4 Å². The Labute approximate surface area is 142 Å². The van der Waals surface area contributed by atoms with E-state index in [1.165, 1.54) is 42.6 Å². The number of nitro groups is 1. The molecule has 1 aromatic carbocycles. The van der Waals surface area contributed by atoms with Crippen LogP contribution < -0.4 is 10.1 Å². The van der Waals surface area contributed by atoms with Crippen LogP contribution in [0, 0.1) is 15.9 Å². The second-order valence-corrected chi connectivity index (χ2v) is 5.04. The van der Waals surface area contributed by atoms with Gasteiger partial charge in [0.15, 0.2) is 0 Å². The molecule has 2 heterocycles. The fourth-order valence-corrected chi connectivity index (χ4v) is 2.07. The van der Waals surface area contributed by atoms with E-state index < -0.39 is 4.92 Å². The van der Waals surface area contributed by atoms with Crippen LogP contribution in [0.2, 0.25) is 0 Å². The maximum absolute atomic E-state index is 12.9. The van der Waals surface area contributed by atoms with Crippen molar-refractivity contribution < 1.29 is 14.1 Å². The summed E-state index contributed by atoms with van der Waals surface area (Å²) in [7, 11) is 0. The Morgan fingerprint density at radius 2 is 1.92 bits per heavy atom. The molecule has 8 heteroatoms. The van der Waals surface area contributed by atoms with Crippen LogP contribution in [-0.4, -0.2) is 14.9 Å². The summed E-state index contributed by atoms with van der Waals surface area (Å²) >= 11 is 0. The van der Waals surface area contributed by atoms with E-state index in [1.807, 2.05) is 0 Å². The summed E-state index contributed by atoms with van der Waals surface area (Å²) in [5, 5.41) is 13.9. The Morgan fingerprint density at radius 3 is 2.60 bits per heavy atom. The van der Waals surface area contributed by atoms with Crippen LogP contribution in [0.15, 0.2) is 60.9 Å². The van der Waals surface area contributed by atoms with Gasteiger partial charge < -0.3 is 10.1 Å². The highest BCUT2D eigenvalue weighted by atomic mass is 19.1. The van der Waals surface area contributed by atoms with Gasteiger partial charge in [0.2, 0.25) is 11.7 Å². The van der Waals surface area contributed by atoms with E-state index in [4.69, 9.17) is 4.74 Å². The normalized spacial score (nSPS) is 10.3. The maximum Gasteiger partial charge on any atom is 0.311 e. The minimum atomic E-state index is -0.493. The standard InChI is InChI=1S/C17H13FN4O3/c18-13-4-6-14(7-5-13)25-16-8-3-12(10-20-16)11-21-17-15(22(23)24)2-1-9-19-17/h1-10H,11H2,(H,19,21). The Kier molecular flexibility index (Phi) is 4.79. The molecule has 1 N–H and O–H groups in total. The SMILES string of the molecule is O=[N+]([O-])c1cccnc1NCc1ccc(Oc2ccc(F)cc2)nc1. The number of aromatic nitrogens is 2. The van der Waals surface area contributed by atoms with Gasteiger partial charge in [0.05, 0.1) is 4.92 Å². The molecule has 0 aliphatic rings. The van der Waals surface area contributed by atoms with Gasteiger partial charge in [-0.3, -0.25) is 10.1 Å². The van der Waals surface area contributed by atoms with Gasteiger partial charge >= 0.3 is 5.69 Å². The second kappa shape index (κ2) is 7.35. The van der Waals surface area contributed by atoms with Crippen molar-refractivity contribution in [2.24, 2.45) is 0 Å². The summed E-state index contributed by atoms with van der Waals surface area (Å²) in [5.74, 6) is 0.688. The Hall–Kier alpha value is -3.55. The fraction of sp³-hybridized carbons (Fsp3) is 0.0588. The lowest BCUT2D eigenvalue weighted by atomic mass is 10.3. The molecular formula is C17H13FN4O3. The summed E-state index contributed by atoms with van der Waals surface area (Å²) < 4.78 is 18.4. The first-order valence-electron chi connectivity index (χ1n) is 7.33. The van der Waals surface area contributed by atoms with Gasteiger partial charge in [0.25, 0.3) is 0 Å². The molecule has 126 valence electrons. The number of nitrogens with one attached hydrogen (secondary N) is 1. The van der Waals surface area contributed by atoms with Crippen molar-refractivity contribution in [2.45, 2.75) is 6.54 Å². The predicted octanol–water partition coefficient (Wildman–Crippen LogP) is 3.93. The van der Waals surface area contributed by atoms with Gasteiger partial charge in [-0.25, -0.2) is 14.4 Å². The van der Waals surface area contributed by atoms with Crippen molar-refractivity contribution in [1.29, 1.82) is 0 Å². The highest BCUT2D eigenvalue weighted by Crippen LogP contribution is 2.22. The highest BCUT2D eigenvalue weighted by molar-refractivity contribution is 5.55. The third-order valence-electron chi connectivity index (χ3n) is 3.28. The average molecular weight is 340 g/mol. The van der Waals surface area contributed by atoms with E-state index in [9.17, 15) is 14.5 Å². The second-order valence-electron chi connectivity index (χ2n) is 5.04. The van der Waals surface area contributed by atoms with Crippen LogP contribution in [0.4, 0.5) is 15.9 Å². The van der Waals surface area contributed by atoms with Gasteiger partial charge in [-0.1, -0.05) is 6.07 Å². The molecule has 7 nitrogen and oxygen atoms in total. The first-order valence-corrected chi connectivity index (χ1v) is 7.33. The third kappa shape index (κ3) is 4.25. The summed E-state index contributed by atoms with van der Waals surface area (Å²) in [5.41, 5.74) is 0.707. The van der Waals surface area contributed by atoms with Gasteiger partial charge in [-0.05, 0) is 35.9 Å². The van der Waals surface area contributed by atoms with Crippen molar-refractivity contribution in [1.82, 2.24) is 9.97 Å². The minimum Gasteiger partial charge on any atom is -0.439 e. The number of hydrogen-bond donors (Lipinski definition) is 1. The van der Waals surface area contributed by atoms with Crippen molar-refractivity contribution in [3.63, 3.8) is 0 Å². The molecule has 2 aromatic heterocycles. The molecule has 0 saturated heterocycles. The monoisotopic (exact) mass is 340 g/mol. The van der Waals surface area contributed by atoms with Crippen LogP contribution in [0.25, 0.3) is 0 Å². The van der Waals surface area contributed by atoms with Gasteiger partial charge in [-0.2, -0.15) is 0 Å². The summed E-state index contributed by atoms with van der Waals surface area (Å²) in [6.07, 6.45) is 3.06. The van der Waals surface area contributed by atoms with Crippen LogP contribution in [0.1, 0.15) is 5.56 Å². The molecule has 25 heavy (non-hydrogen) atoms. The van der Waals surface area contributed by atoms with Crippen LogP contribution >= 0.6 is 0 Å². The zero-order chi connectivity index (χ0) is 17.6. The molecule has 3 rings (SSSR count). The average Bonchev–Trinajstić information content (AvgIpc) is 2.63. The molecule has 0 fully saturated rings. The lowest BCUT2D eigenvalue weighted by molar-refractivity contribution is -0.384. The number of anilines is 1. The molecule has 3 aromatic rings. The van der Waals surface area contributed by atoms with Gasteiger partial charge in [0.1, 0.15) is 11.6 Å². The van der Waals surface area contributed by atoms with E-state index in [-0.39, 0.29) is 17.3 Å². The predicted molar refractivity (Wildman–Crippen MR) is 88.9 cm³/mol. The number of pyridine rings is 2.